The zero-order chi connectivity index (χ0) is 16.8. The average molecular weight is 334 g/mol. The third-order valence-corrected chi connectivity index (χ3v) is 4.99. The number of nitrogens with one attached hydrogen (secondary N) is 1. The zero-order valence-electron chi connectivity index (χ0n) is 14.3. The molecule has 0 bridgehead atoms. The van der Waals surface area contributed by atoms with Gasteiger partial charge in [-0.15, -0.1) is 11.3 Å². The second-order valence-corrected chi connectivity index (χ2v) is 7.31. The van der Waals surface area contributed by atoms with Crippen LogP contribution in [0.15, 0.2) is 35.9 Å². The summed E-state index contributed by atoms with van der Waals surface area (Å²) in [5, 5.41) is 6.05. The van der Waals surface area contributed by atoms with Crippen LogP contribution in [0.3, 0.4) is 0 Å². The molecule has 1 aliphatic rings. The molecule has 126 valence electrons. The number of hydrogen-bond donors (Lipinski definition) is 1. The van der Waals surface area contributed by atoms with Gasteiger partial charge in [0.25, 0.3) is 0 Å². The predicted octanol–water partition coefficient (Wildman–Crippen LogP) is 3.34. The zero-order valence-corrected chi connectivity index (χ0v) is 15.2. The number of nitrogens with zero attached hydrogens (tertiary/aromatic N) is 2. The summed E-state index contributed by atoms with van der Waals surface area (Å²) < 4.78 is 0. The molecule has 1 aliphatic heterocycles. The van der Waals surface area contributed by atoms with E-state index in [1.807, 2.05) is 27.1 Å². The van der Waals surface area contributed by atoms with Crippen LogP contribution < -0.4 is 5.32 Å². The Hall–Kier alpha value is -1.59. The molecule has 0 saturated carbocycles. The largest absolute Gasteiger partial charge is 0.372 e. The van der Waals surface area contributed by atoms with Gasteiger partial charge in [-0.2, -0.15) is 0 Å². The fourth-order valence-electron chi connectivity index (χ4n) is 2.65. The molecule has 0 aliphatic carbocycles. The monoisotopic (exact) mass is 333 g/mol. The van der Waals surface area contributed by atoms with Gasteiger partial charge in [0.2, 0.25) is 5.91 Å². The number of allylic oxidation sites excluding steroid dienone is 1. The van der Waals surface area contributed by atoms with Crippen molar-refractivity contribution >= 4 is 22.2 Å². The van der Waals surface area contributed by atoms with Gasteiger partial charge in [0.1, 0.15) is 0 Å². The van der Waals surface area contributed by atoms with Crippen molar-refractivity contribution in [2.75, 3.05) is 39.0 Å². The van der Waals surface area contributed by atoms with Crippen molar-refractivity contribution in [3.8, 4) is 0 Å². The smallest absolute Gasteiger partial charge is 0.228 e. The van der Waals surface area contributed by atoms with E-state index in [1.165, 1.54) is 5.56 Å². The highest BCUT2D eigenvalue weighted by Crippen LogP contribution is 2.24. The highest BCUT2D eigenvalue weighted by Gasteiger charge is 2.25. The molecule has 2 rings (SSSR count). The third kappa shape index (κ3) is 5.52. The van der Waals surface area contributed by atoms with Crippen LogP contribution >= 0.6 is 11.3 Å². The third-order valence-electron chi connectivity index (χ3n) is 4.03. The Morgan fingerprint density at radius 3 is 2.74 bits per heavy atom. The Morgan fingerprint density at radius 2 is 2.17 bits per heavy atom. The van der Waals surface area contributed by atoms with Gasteiger partial charge in [0.15, 0.2) is 0 Å². The molecular formula is C18H27N3OS. The number of piperidine rings is 1. The number of anilines is 1. The van der Waals surface area contributed by atoms with Crippen LogP contribution in [-0.4, -0.2) is 49.4 Å². The highest BCUT2D eigenvalue weighted by atomic mass is 32.1. The SMILES string of the molecule is C=C(/C=C/CN(C)C)N1CCC(C(=O)Nc2cc(C)cs2)CC1. The Balaban J connectivity index is 1.77. The molecule has 0 aromatic carbocycles. The summed E-state index contributed by atoms with van der Waals surface area (Å²) in [5.74, 6) is 0.257. The van der Waals surface area contributed by atoms with Crippen LogP contribution in [0.4, 0.5) is 5.00 Å². The van der Waals surface area contributed by atoms with Gasteiger partial charge < -0.3 is 15.1 Å². The lowest BCUT2D eigenvalue weighted by molar-refractivity contribution is -0.121. The Labute approximate surface area is 143 Å². The average Bonchev–Trinajstić information content (AvgIpc) is 2.92. The topological polar surface area (TPSA) is 35.6 Å². The number of hydrogen-bond acceptors (Lipinski definition) is 4. The molecule has 0 spiro atoms. The molecule has 0 radical (unpaired) electrons. The van der Waals surface area contributed by atoms with E-state index in [9.17, 15) is 4.79 Å². The maximum Gasteiger partial charge on any atom is 0.228 e. The number of aryl methyl sites for hydroxylation is 1. The molecule has 1 amide bonds. The quantitative estimate of drug-likeness (QED) is 0.811. The van der Waals surface area contributed by atoms with Crippen LogP contribution in [0.2, 0.25) is 0 Å². The molecule has 4 nitrogen and oxygen atoms in total. The van der Waals surface area contributed by atoms with E-state index in [2.05, 4.69) is 39.2 Å². The maximum absolute atomic E-state index is 12.3. The van der Waals surface area contributed by atoms with Crippen LogP contribution in [0.25, 0.3) is 0 Å². The van der Waals surface area contributed by atoms with E-state index in [-0.39, 0.29) is 11.8 Å². The van der Waals surface area contributed by atoms with Gasteiger partial charge in [0.05, 0.1) is 5.00 Å². The number of thiophene rings is 1. The summed E-state index contributed by atoms with van der Waals surface area (Å²) in [6.07, 6.45) is 5.97. The summed E-state index contributed by atoms with van der Waals surface area (Å²) in [5.41, 5.74) is 2.24. The molecule has 2 heterocycles. The summed E-state index contributed by atoms with van der Waals surface area (Å²) in [4.78, 5) is 16.7. The van der Waals surface area contributed by atoms with Crippen LogP contribution in [0.5, 0.6) is 0 Å². The minimum atomic E-state index is 0.104. The van der Waals surface area contributed by atoms with Gasteiger partial charge in [0, 0.05) is 31.2 Å². The Bertz CT molecular complexity index is 569. The van der Waals surface area contributed by atoms with Crippen molar-refractivity contribution in [3.05, 3.63) is 41.4 Å². The summed E-state index contributed by atoms with van der Waals surface area (Å²) in [6, 6.07) is 2.02. The lowest BCUT2D eigenvalue weighted by atomic mass is 9.95. The number of carbonyl (C=O) groups excluding carboxylic acids is 1. The molecule has 0 unspecified atom stereocenters. The normalized spacial score (nSPS) is 16.3. The molecule has 0 atom stereocenters. The molecule has 1 N–H and O–H groups in total. The molecule has 23 heavy (non-hydrogen) atoms. The van der Waals surface area contributed by atoms with Gasteiger partial charge in [-0.3, -0.25) is 4.79 Å². The number of amides is 1. The maximum atomic E-state index is 12.3. The number of likely N-dealkylation sites (N-methyl/N-ethyl adjacent to an activating group) is 1. The van der Waals surface area contributed by atoms with Gasteiger partial charge in [-0.05, 0) is 56.9 Å². The van der Waals surface area contributed by atoms with Crippen molar-refractivity contribution in [1.29, 1.82) is 0 Å². The Morgan fingerprint density at radius 1 is 1.48 bits per heavy atom. The molecule has 1 aromatic rings. The molecule has 5 heteroatoms. The number of carbonyl (C=O) groups is 1. The van der Waals surface area contributed by atoms with E-state index in [0.29, 0.717) is 0 Å². The van der Waals surface area contributed by atoms with E-state index in [0.717, 1.165) is 43.2 Å². The van der Waals surface area contributed by atoms with Crippen LogP contribution in [0.1, 0.15) is 18.4 Å². The van der Waals surface area contributed by atoms with Crippen molar-refractivity contribution in [2.45, 2.75) is 19.8 Å². The van der Waals surface area contributed by atoms with E-state index < -0.39 is 0 Å². The molecule has 1 fully saturated rings. The minimum absolute atomic E-state index is 0.104. The first-order chi connectivity index (χ1) is 11.0. The lowest BCUT2D eigenvalue weighted by Gasteiger charge is -2.33. The lowest BCUT2D eigenvalue weighted by Crippen LogP contribution is -2.37. The highest BCUT2D eigenvalue weighted by molar-refractivity contribution is 7.14. The van der Waals surface area contributed by atoms with Crippen LogP contribution in [0, 0.1) is 12.8 Å². The van der Waals surface area contributed by atoms with Crippen molar-refractivity contribution in [2.24, 2.45) is 5.92 Å². The first-order valence-corrected chi connectivity index (χ1v) is 8.95. The van der Waals surface area contributed by atoms with E-state index in [1.54, 1.807) is 11.3 Å². The van der Waals surface area contributed by atoms with Crippen molar-refractivity contribution in [3.63, 3.8) is 0 Å². The van der Waals surface area contributed by atoms with E-state index in [4.69, 9.17) is 0 Å². The van der Waals surface area contributed by atoms with Gasteiger partial charge in [-0.1, -0.05) is 12.7 Å². The number of likely N-dealkylation sites (tertiary alicyclic amines) is 1. The van der Waals surface area contributed by atoms with Gasteiger partial charge >= 0.3 is 0 Å². The number of rotatable bonds is 6. The van der Waals surface area contributed by atoms with E-state index >= 15 is 0 Å². The molecular weight excluding hydrogens is 306 g/mol. The van der Waals surface area contributed by atoms with Gasteiger partial charge in [-0.25, -0.2) is 0 Å². The van der Waals surface area contributed by atoms with Crippen molar-refractivity contribution in [1.82, 2.24) is 9.80 Å². The summed E-state index contributed by atoms with van der Waals surface area (Å²) in [6.45, 7) is 8.88. The fourth-order valence-corrected chi connectivity index (χ4v) is 3.45. The van der Waals surface area contributed by atoms with Crippen molar-refractivity contribution < 1.29 is 4.79 Å². The van der Waals surface area contributed by atoms with Crippen LogP contribution in [-0.2, 0) is 4.79 Å². The summed E-state index contributed by atoms with van der Waals surface area (Å²) in [7, 11) is 4.10. The molecule has 1 saturated heterocycles. The molecule has 1 aromatic heterocycles. The predicted molar refractivity (Wildman–Crippen MR) is 98.8 cm³/mol. The standard InChI is InChI=1S/C18H27N3OS/c1-14-12-17(23-13-14)19-18(22)16-7-10-21(11-8-16)15(2)6-5-9-20(3)4/h5-6,12-13,16H,2,7-11H2,1,3-4H3,(H,19,22)/b6-5+. The second kappa shape index (κ2) is 8.31. The Kier molecular flexibility index (Phi) is 6.42. The second-order valence-electron chi connectivity index (χ2n) is 6.39. The fraction of sp³-hybridized carbons (Fsp3) is 0.500. The first kappa shape index (κ1) is 17.8. The minimum Gasteiger partial charge on any atom is -0.372 e. The first-order valence-electron chi connectivity index (χ1n) is 8.07. The summed E-state index contributed by atoms with van der Waals surface area (Å²) >= 11 is 1.59.